The lowest BCUT2D eigenvalue weighted by molar-refractivity contribution is -0.138. The molecule has 8 nitrogen and oxygen atoms in total. The van der Waals surface area contributed by atoms with Crippen LogP contribution < -0.4 is 4.90 Å². The van der Waals surface area contributed by atoms with Crippen molar-refractivity contribution >= 4 is 18.0 Å². The van der Waals surface area contributed by atoms with Gasteiger partial charge in [0, 0.05) is 69.0 Å². The minimum Gasteiger partial charge on any atom is -0.508 e. The minimum atomic E-state index is -1.25. The number of hydrogen-bond acceptors (Lipinski definition) is 7. The SMILES string of the molecule is CCN(Cc1cccc(N2CC(N3CCN(CC)[C@H](C)C3)C2)n1)C(=O)C(C=O)Cc1c(F)cc(O)cc1F. The molecule has 1 aromatic carbocycles. The number of phenolic OH excluding ortho intramolecular Hbond substituents is 1. The van der Waals surface area contributed by atoms with Gasteiger partial charge in [0.15, 0.2) is 0 Å². The van der Waals surface area contributed by atoms with Crippen LogP contribution in [0.3, 0.4) is 0 Å². The molecule has 3 heterocycles. The van der Waals surface area contributed by atoms with Gasteiger partial charge in [-0.3, -0.25) is 14.6 Å². The Morgan fingerprint density at radius 2 is 1.89 bits per heavy atom. The highest BCUT2D eigenvalue weighted by Crippen LogP contribution is 2.26. The van der Waals surface area contributed by atoms with E-state index in [9.17, 15) is 23.5 Å². The van der Waals surface area contributed by atoms with E-state index in [1.165, 1.54) is 4.90 Å². The second-order valence-corrected chi connectivity index (χ2v) is 10.2. The summed E-state index contributed by atoms with van der Waals surface area (Å²) in [6.07, 6.45) is -0.00742. The average molecular weight is 530 g/mol. The molecule has 1 amide bonds. The molecule has 1 unspecified atom stereocenters. The number of carbonyl (C=O) groups is 2. The molecular weight excluding hydrogens is 492 g/mol. The smallest absolute Gasteiger partial charge is 0.233 e. The third-order valence-electron chi connectivity index (χ3n) is 7.77. The van der Waals surface area contributed by atoms with Crippen molar-refractivity contribution in [2.24, 2.45) is 5.92 Å². The number of nitrogens with zero attached hydrogens (tertiary/aromatic N) is 5. The van der Waals surface area contributed by atoms with Crippen LogP contribution in [-0.2, 0) is 22.6 Å². The van der Waals surface area contributed by atoms with E-state index in [1.54, 1.807) is 6.92 Å². The number of hydrogen-bond donors (Lipinski definition) is 1. The van der Waals surface area contributed by atoms with Gasteiger partial charge < -0.3 is 19.7 Å². The predicted molar refractivity (Wildman–Crippen MR) is 141 cm³/mol. The first-order valence-electron chi connectivity index (χ1n) is 13.3. The average Bonchev–Trinajstić information content (AvgIpc) is 2.86. The second kappa shape index (κ2) is 12.2. The van der Waals surface area contributed by atoms with E-state index in [-0.39, 0.29) is 6.54 Å². The highest BCUT2D eigenvalue weighted by Gasteiger charge is 2.36. The van der Waals surface area contributed by atoms with E-state index >= 15 is 0 Å². The van der Waals surface area contributed by atoms with Crippen LogP contribution in [0, 0.1) is 17.6 Å². The lowest BCUT2D eigenvalue weighted by atomic mass is 9.98. The summed E-state index contributed by atoms with van der Waals surface area (Å²) in [5.74, 6) is -3.46. The van der Waals surface area contributed by atoms with E-state index in [0.29, 0.717) is 30.6 Å². The summed E-state index contributed by atoms with van der Waals surface area (Å²) in [6.45, 7) is 12.9. The first-order chi connectivity index (χ1) is 18.2. The largest absolute Gasteiger partial charge is 0.508 e. The molecule has 0 aliphatic carbocycles. The number of aromatic nitrogens is 1. The Bertz CT molecular complexity index is 1120. The zero-order valence-electron chi connectivity index (χ0n) is 22.3. The third kappa shape index (κ3) is 6.13. The molecule has 2 aliphatic rings. The van der Waals surface area contributed by atoms with E-state index < -0.39 is 41.2 Å². The zero-order chi connectivity index (χ0) is 27.4. The molecule has 2 atom stereocenters. The van der Waals surface area contributed by atoms with Gasteiger partial charge in [0.1, 0.15) is 29.5 Å². The first-order valence-corrected chi connectivity index (χ1v) is 13.3. The van der Waals surface area contributed by atoms with Crippen molar-refractivity contribution in [2.75, 3.05) is 50.7 Å². The molecule has 4 rings (SSSR count). The highest BCUT2D eigenvalue weighted by atomic mass is 19.1. The molecule has 206 valence electrons. The van der Waals surface area contributed by atoms with Gasteiger partial charge in [0.25, 0.3) is 0 Å². The fraction of sp³-hybridized carbons (Fsp3) is 0.536. The molecule has 10 heteroatoms. The van der Waals surface area contributed by atoms with Crippen LogP contribution in [0.4, 0.5) is 14.6 Å². The maximum Gasteiger partial charge on any atom is 0.233 e. The number of likely N-dealkylation sites (N-methyl/N-ethyl adjacent to an activating group) is 1. The summed E-state index contributed by atoms with van der Waals surface area (Å²) in [5, 5.41) is 9.36. The van der Waals surface area contributed by atoms with Crippen molar-refractivity contribution in [2.45, 2.75) is 45.8 Å². The molecule has 0 radical (unpaired) electrons. The molecule has 2 aromatic rings. The number of piperazine rings is 1. The maximum atomic E-state index is 14.2. The van der Waals surface area contributed by atoms with Crippen LogP contribution >= 0.6 is 0 Å². The summed E-state index contributed by atoms with van der Waals surface area (Å²) in [7, 11) is 0. The first kappa shape index (κ1) is 27.9. The van der Waals surface area contributed by atoms with Gasteiger partial charge in [0.2, 0.25) is 5.91 Å². The molecule has 1 aromatic heterocycles. The monoisotopic (exact) mass is 529 g/mol. The van der Waals surface area contributed by atoms with E-state index in [4.69, 9.17) is 4.98 Å². The minimum absolute atomic E-state index is 0.182. The fourth-order valence-corrected chi connectivity index (χ4v) is 5.40. The van der Waals surface area contributed by atoms with Crippen LogP contribution in [0.2, 0.25) is 0 Å². The molecule has 0 bridgehead atoms. The van der Waals surface area contributed by atoms with Crippen molar-refractivity contribution in [3.8, 4) is 5.75 Å². The van der Waals surface area contributed by atoms with Crippen LogP contribution in [-0.4, -0.2) is 94.9 Å². The molecule has 0 spiro atoms. The maximum absolute atomic E-state index is 14.2. The van der Waals surface area contributed by atoms with Crippen LogP contribution in [0.1, 0.15) is 32.0 Å². The van der Waals surface area contributed by atoms with Gasteiger partial charge in [-0.2, -0.15) is 0 Å². The van der Waals surface area contributed by atoms with Crippen molar-refractivity contribution in [1.29, 1.82) is 0 Å². The molecule has 38 heavy (non-hydrogen) atoms. The van der Waals surface area contributed by atoms with E-state index in [1.807, 2.05) is 18.2 Å². The molecule has 0 saturated carbocycles. The number of pyridine rings is 1. The fourth-order valence-electron chi connectivity index (χ4n) is 5.40. The number of halogens is 2. The normalized spacial score (nSPS) is 19.7. The van der Waals surface area contributed by atoms with Gasteiger partial charge in [-0.05, 0) is 38.9 Å². The Morgan fingerprint density at radius 1 is 1.18 bits per heavy atom. The summed E-state index contributed by atoms with van der Waals surface area (Å²) in [5.41, 5.74) is 0.278. The Morgan fingerprint density at radius 3 is 2.50 bits per heavy atom. The Kier molecular flexibility index (Phi) is 8.94. The lowest BCUT2D eigenvalue weighted by Gasteiger charge is -2.50. The number of aromatic hydroxyl groups is 1. The van der Waals surface area contributed by atoms with Gasteiger partial charge in [-0.1, -0.05) is 13.0 Å². The highest BCUT2D eigenvalue weighted by molar-refractivity contribution is 5.92. The van der Waals surface area contributed by atoms with Crippen molar-refractivity contribution in [3.63, 3.8) is 0 Å². The summed E-state index contributed by atoms with van der Waals surface area (Å²) in [4.78, 5) is 38.4. The van der Waals surface area contributed by atoms with Gasteiger partial charge in [-0.25, -0.2) is 13.8 Å². The van der Waals surface area contributed by atoms with Crippen LogP contribution in [0.5, 0.6) is 5.75 Å². The van der Waals surface area contributed by atoms with Crippen molar-refractivity contribution < 1.29 is 23.5 Å². The molecular formula is C28H37F2N5O3. The number of aldehydes is 1. The number of phenols is 1. The van der Waals surface area contributed by atoms with Crippen LogP contribution in [0.15, 0.2) is 30.3 Å². The Labute approximate surface area is 222 Å². The number of anilines is 1. The van der Waals surface area contributed by atoms with Gasteiger partial charge >= 0.3 is 0 Å². The molecule has 2 aliphatic heterocycles. The summed E-state index contributed by atoms with van der Waals surface area (Å²) < 4.78 is 28.4. The topological polar surface area (TPSA) is 80.2 Å². The molecule has 2 saturated heterocycles. The van der Waals surface area contributed by atoms with E-state index in [2.05, 4.69) is 28.5 Å². The van der Waals surface area contributed by atoms with Crippen molar-refractivity contribution in [1.82, 2.24) is 19.7 Å². The standard InChI is InChI=1S/C28H37F2N5O3/c1-4-32-9-10-34(14-19(32)3)22-16-35(17-22)27-8-6-7-21(31-27)15-33(5-2)28(38)20(18-36)11-24-25(29)12-23(37)13-26(24)30/h6-8,12-13,18-20,22,37H,4-5,9-11,14-17H2,1-3H3/t19-,20?/m1/s1. The van der Waals surface area contributed by atoms with Crippen molar-refractivity contribution in [3.05, 3.63) is 53.2 Å². The summed E-state index contributed by atoms with van der Waals surface area (Å²) in [6, 6.07) is 8.29. The molecule has 2 fully saturated rings. The predicted octanol–water partition coefficient (Wildman–Crippen LogP) is 2.69. The number of amides is 1. The second-order valence-electron chi connectivity index (χ2n) is 10.2. The number of rotatable bonds is 10. The van der Waals surface area contributed by atoms with Gasteiger partial charge in [0.05, 0.1) is 18.2 Å². The molecule has 1 N–H and O–H groups in total. The van der Waals surface area contributed by atoms with Crippen LogP contribution in [0.25, 0.3) is 0 Å². The Hall–Kier alpha value is -3.11. The number of benzene rings is 1. The lowest BCUT2D eigenvalue weighted by Crippen LogP contribution is -2.64. The third-order valence-corrected chi connectivity index (χ3v) is 7.77. The summed E-state index contributed by atoms with van der Waals surface area (Å²) >= 11 is 0. The van der Waals surface area contributed by atoms with E-state index in [0.717, 1.165) is 57.2 Å². The quantitative estimate of drug-likeness (QED) is 0.375. The van der Waals surface area contributed by atoms with Gasteiger partial charge in [-0.15, -0.1) is 0 Å². The number of carbonyl (C=O) groups excluding carboxylic acids is 2. The zero-order valence-corrected chi connectivity index (χ0v) is 22.3. The Balaban J connectivity index is 1.37.